The van der Waals surface area contributed by atoms with Gasteiger partial charge >= 0.3 is 0 Å². The smallest absolute Gasteiger partial charge is 0.126 e. The molecule has 0 saturated carbocycles. The number of nitrogens with zero attached hydrogens (tertiary/aromatic N) is 2. The van der Waals surface area contributed by atoms with Gasteiger partial charge in [-0.05, 0) is 34.1 Å². The van der Waals surface area contributed by atoms with Crippen LogP contribution in [0.5, 0.6) is 0 Å². The average Bonchev–Trinajstić information content (AvgIpc) is 2.25. The van der Waals surface area contributed by atoms with Gasteiger partial charge in [0.25, 0.3) is 0 Å². The summed E-state index contributed by atoms with van der Waals surface area (Å²) in [5, 5.41) is 0. The number of aromatic nitrogens is 2. The summed E-state index contributed by atoms with van der Waals surface area (Å²) in [5.41, 5.74) is 7.74. The topological polar surface area (TPSA) is 51.8 Å². The SMILES string of the molecule is Nc1ncccc1Cc1ccc(Br)cn1. The quantitative estimate of drug-likeness (QED) is 0.906. The van der Waals surface area contributed by atoms with Crippen molar-refractivity contribution in [1.82, 2.24) is 9.97 Å². The molecule has 0 spiro atoms. The van der Waals surface area contributed by atoms with Crippen LogP contribution in [0.3, 0.4) is 0 Å². The first-order valence-corrected chi connectivity index (χ1v) is 5.35. The third kappa shape index (κ3) is 2.53. The summed E-state index contributed by atoms with van der Waals surface area (Å²) in [4.78, 5) is 8.32. The highest BCUT2D eigenvalue weighted by Gasteiger charge is 2.01. The average molecular weight is 264 g/mol. The fraction of sp³-hybridized carbons (Fsp3) is 0.0909. The van der Waals surface area contributed by atoms with Crippen LogP contribution in [-0.4, -0.2) is 9.97 Å². The molecule has 2 rings (SSSR count). The van der Waals surface area contributed by atoms with Gasteiger partial charge in [0.1, 0.15) is 5.82 Å². The molecule has 0 aliphatic heterocycles. The zero-order valence-electron chi connectivity index (χ0n) is 8.02. The molecule has 0 aliphatic rings. The van der Waals surface area contributed by atoms with E-state index < -0.39 is 0 Å². The van der Waals surface area contributed by atoms with E-state index >= 15 is 0 Å². The minimum absolute atomic E-state index is 0.571. The van der Waals surface area contributed by atoms with Crippen molar-refractivity contribution in [3.05, 3.63) is 52.4 Å². The summed E-state index contributed by atoms with van der Waals surface area (Å²) in [5.74, 6) is 0.571. The van der Waals surface area contributed by atoms with Crippen molar-refractivity contribution < 1.29 is 0 Å². The zero-order chi connectivity index (χ0) is 10.7. The lowest BCUT2D eigenvalue weighted by Gasteiger charge is -2.03. The lowest BCUT2D eigenvalue weighted by atomic mass is 10.1. The molecule has 0 bridgehead atoms. The molecule has 2 aromatic rings. The van der Waals surface area contributed by atoms with Crippen molar-refractivity contribution in [2.75, 3.05) is 5.73 Å². The van der Waals surface area contributed by atoms with Crippen molar-refractivity contribution in [1.29, 1.82) is 0 Å². The minimum Gasteiger partial charge on any atom is -0.383 e. The summed E-state index contributed by atoms with van der Waals surface area (Å²) in [6.07, 6.45) is 4.18. The third-order valence-electron chi connectivity index (χ3n) is 2.09. The molecule has 76 valence electrons. The van der Waals surface area contributed by atoms with Crippen LogP contribution in [0.2, 0.25) is 0 Å². The molecule has 0 fully saturated rings. The first kappa shape index (κ1) is 10.1. The van der Waals surface area contributed by atoms with Crippen LogP contribution in [0, 0.1) is 0 Å². The second-order valence-electron chi connectivity index (χ2n) is 3.19. The molecule has 2 aromatic heterocycles. The first-order valence-electron chi connectivity index (χ1n) is 4.55. The maximum absolute atomic E-state index is 5.75. The molecule has 0 aliphatic carbocycles. The number of rotatable bonds is 2. The molecule has 0 radical (unpaired) electrons. The van der Waals surface area contributed by atoms with Crippen LogP contribution in [0.15, 0.2) is 41.1 Å². The zero-order valence-corrected chi connectivity index (χ0v) is 9.61. The Balaban J connectivity index is 2.22. The molecule has 0 saturated heterocycles. The van der Waals surface area contributed by atoms with Crippen LogP contribution in [-0.2, 0) is 6.42 Å². The molecule has 0 atom stereocenters. The summed E-state index contributed by atoms with van der Waals surface area (Å²) >= 11 is 3.35. The fourth-order valence-electron chi connectivity index (χ4n) is 1.31. The number of hydrogen-bond donors (Lipinski definition) is 1. The molecule has 2 heterocycles. The Kier molecular flexibility index (Phi) is 2.97. The summed E-state index contributed by atoms with van der Waals surface area (Å²) in [7, 11) is 0. The highest BCUT2D eigenvalue weighted by Crippen LogP contribution is 2.14. The van der Waals surface area contributed by atoms with Crippen molar-refractivity contribution in [2.24, 2.45) is 0 Å². The van der Waals surface area contributed by atoms with Gasteiger partial charge in [-0.15, -0.1) is 0 Å². The van der Waals surface area contributed by atoms with E-state index in [9.17, 15) is 0 Å². The molecule has 2 N–H and O–H groups in total. The van der Waals surface area contributed by atoms with Gasteiger partial charge in [0.15, 0.2) is 0 Å². The Hall–Kier alpha value is -1.42. The van der Waals surface area contributed by atoms with Gasteiger partial charge in [0.05, 0.1) is 0 Å². The van der Waals surface area contributed by atoms with Crippen molar-refractivity contribution >= 4 is 21.7 Å². The maximum Gasteiger partial charge on any atom is 0.126 e. The van der Waals surface area contributed by atoms with Gasteiger partial charge in [-0.1, -0.05) is 6.07 Å². The molecule has 0 aromatic carbocycles. The number of halogens is 1. The number of hydrogen-bond acceptors (Lipinski definition) is 3. The van der Waals surface area contributed by atoms with E-state index in [-0.39, 0.29) is 0 Å². The molecule has 0 unspecified atom stereocenters. The molecular formula is C11H10BrN3. The minimum atomic E-state index is 0.571. The molecule has 4 heteroatoms. The standard InChI is InChI=1S/C11H10BrN3/c12-9-3-4-10(15-7-9)6-8-2-1-5-14-11(8)13/h1-5,7H,6H2,(H2,13,14). The van der Waals surface area contributed by atoms with E-state index in [0.29, 0.717) is 12.2 Å². The van der Waals surface area contributed by atoms with Crippen LogP contribution >= 0.6 is 15.9 Å². The first-order chi connectivity index (χ1) is 7.25. The van der Waals surface area contributed by atoms with Crippen molar-refractivity contribution in [3.8, 4) is 0 Å². The highest BCUT2D eigenvalue weighted by molar-refractivity contribution is 9.10. The van der Waals surface area contributed by atoms with Gasteiger partial charge in [-0.2, -0.15) is 0 Å². The van der Waals surface area contributed by atoms with E-state index in [2.05, 4.69) is 25.9 Å². The van der Waals surface area contributed by atoms with Gasteiger partial charge in [0, 0.05) is 34.5 Å². The van der Waals surface area contributed by atoms with Crippen LogP contribution in [0.4, 0.5) is 5.82 Å². The number of pyridine rings is 2. The van der Waals surface area contributed by atoms with E-state index in [4.69, 9.17) is 5.73 Å². The van der Waals surface area contributed by atoms with Gasteiger partial charge in [0.2, 0.25) is 0 Å². The molecule has 15 heavy (non-hydrogen) atoms. The predicted molar refractivity (Wildman–Crippen MR) is 63.4 cm³/mol. The second kappa shape index (κ2) is 4.40. The van der Waals surface area contributed by atoms with E-state index in [1.807, 2.05) is 24.3 Å². The maximum atomic E-state index is 5.75. The number of nitrogens with two attached hydrogens (primary N) is 1. The third-order valence-corrected chi connectivity index (χ3v) is 2.56. The summed E-state index contributed by atoms with van der Waals surface area (Å²) < 4.78 is 0.977. The van der Waals surface area contributed by atoms with Crippen LogP contribution < -0.4 is 5.73 Å². The van der Waals surface area contributed by atoms with Crippen molar-refractivity contribution in [2.45, 2.75) is 6.42 Å². The molecular weight excluding hydrogens is 254 g/mol. The lowest BCUT2D eigenvalue weighted by molar-refractivity contribution is 1.06. The largest absolute Gasteiger partial charge is 0.383 e. The summed E-state index contributed by atoms with van der Waals surface area (Å²) in [6, 6.07) is 7.78. The van der Waals surface area contributed by atoms with Crippen molar-refractivity contribution in [3.63, 3.8) is 0 Å². The molecule has 3 nitrogen and oxygen atoms in total. The predicted octanol–water partition coefficient (Wildman–Crippen LogP) is 2.41. The second-order valence-corrected chi connectivity index (χ2v) is 4.11. The molecule has 0 amide bonds. The normalized spacial score (nSPS) is 10.2. The fourth-order valence-corrected chi connectivity index (χ4v) is 1.54. The number of anilines is 1. The van der Waals surface area contributed by atoms with Gasteiger partial charge in [-0.25, -0.2) is 4.98 Å². The Morgan fingerprint density at radius 3 is 2.73 bits per heavy atom. The van der Waals surface area contributed by atoms with E-state index in [0.717, 1.165) is 15.7 Å². The van der Waals surface area contributed by atoms with E-state index in [1.54, 1.807) is 12.4 Å². The monoisotopic (exact) mass is 263 g/mol. The van der Waals surface area contributed by atoms with E-state index in [1.165, 1.54) is 0 Å². The Morgan fingerprint density at radius 2 is 2.07 bits per heavy atom. The van der Waals surface area contributed by atoms with Crippen LogP contribution in [0.25, 0.3) is 0 Å². The van der Waals surface area contributed by atoms with Crippen LogP contribution in [0.1, 0.15) is 11.3 Å². The Labute approximate surface area is 96.5 Å². The Bertz CT molecular complexity index is 454. The van der Waals surface area contributed by atoms with Gasteiger partial charge < -0.3 is 5.73 Å². The summed E-state index contributed by atoms with van der Waals surface area (Å²) in [6.45, 7) is 0. The van der Waals surface area contributed by atoms with Gasteiger partial charge in [-0.3, -0.25) is 4.98 Å². The number of nitrogen functional groups attached to an aromatic ring is 1. The Morgan fingerprint density at radius 1 is 1.20 bits per heavy atom. The highest BCUT2D eigenvalue weighted by atomic mass is 79.9. The lowest BCUT2D eigenvalue weighted by Crippen LogP contribution is -1.99.